The summed E-state index contributed by atoms with van der Waals surface area (Å²) in [5, 5.41) is 2.90. The van der Waals surface area contributed by atoms with Crippen LogP contribution in [0.1, 0.15) is 23.7 Å². The standard InChI is InChI=1S/C18H18ClF2NO4/c1-3-8-25-16-14(19)9-11(10-15(16)24-2)17(23)22-12-4-6-13(7-5-12)26-18(20)21/h4-7,9-10,18H,3,8H2,1-2H3,(H,22,23). The minimum Gasteiger partial charge on any atom is -0.493 e. The highest BCUT2D eigenvalue weighted by Gasteiger charge is 2.16. The quantitative estimate of drug-likeness (QED) is 0.695. The average molecular weight is 386 g/mol. The maximum atomic E-state index is 12.4. The molecule has 0 aliphatic heterocycles. The van der Waals surface area contributed by atoms with Gasteiger partial charge in [0.05, 0.1) is 18.7 Å². The SMILES string of the molecule is CCCOc1c(Cl)cc(C(=O)Nc2ccc(OC(F)F)cc2)cc1OC. The Hall–Kier alpha value is -2.54. The van der Waals surface area contributed by atoms with Gasteiger partial charge < -0.3 is 19.5 Å². The monoisotopic (exact) mass is 385 g/mol. The zero-order valence-electron chi connectivity index (χ0n) is 14.2. The maximum absolute atomic E-state index is 12.4. The number of carbonyl (C=O) groups excluding carboxylic acids is 1. The Morgan fingerprint density at radius 2 is 1.92 bits per heavy atom. The van der Waals surface area contributed by atoms with Gasteiger partial charge >= 0.3 is 6.61 Å². The molecule has 0 unspecified atom stereocenters. The van der Waals surface area contributed by atoms with Gasteiger partial charge in [0.15, 0.2) is 11.5 Å². The molecule has 2 aromatic carbocycles. The topological polar surface area (TPSA) is 56.8 Å². The van der Waals surface area contributed by atoms with Crippen LogP contribution < -0.4 is 19.5 Å². The van der Waals surface area contributed by atoms with Gasteiger partial charge in [-0.3, -0.25) is 4.79 Å². The molecule has 2 aromatic rings. The number of rotatable bonds is 8. The lowest BCUT2D eigenvalue weighted by Crippen LogP contribution is -2.12. The fraction of sp³-hybridized carbons (Fsp3) is 0.278. The molecule has 140 valence electrons. The lowest BCUT2D eigenvalue weighted by Gasteiger charge is -2.14. The Morgan fingerprint density at radius 1 is 1.23 bits per heavy atom. The summed E-state index contributed by atoms with van der Waals surface area (Å²) in [5.74, 6) is 0.285. The van der Waals surface area contributed by atoms with Crippen LogP contribution in [0.4, 0.5) is 14.5 Å². The van der Waals surface area contributed by atoms with Crippen molar-refractivity contribution in [1.82, 2.24) is 0 Å². The molecule has 1 amide bonds. The van der Waals surface area contributed by atoms with E-state index in [-0.39, 0.29) is 16.3 Å². The highest BCUT2D eigenvalue weighted by molar-refractivity contribution is 6.32. The van der Waals surface area contributed by atoms with E-state index in [1.165, 1.54) is 43.5 Å². The predicted octanol–water partition coefficient (Wildman–Crippen LogP) is 4.99. The van der Waals surface area contributed by atoms with Crippen molar-refractivity contribution in [3.63, 3.8) is 0 Å². The van der Waals surface area contributed by atoms with E-state index in [9.17, 15) is 13.6 Å². The molecule has 0 spiro atoms. The minimum atomic E-state index is -2.90. The Labute approximate surface area is 154 Å². The number of nitrogens with one attached hydrogen (secondary N) is 1. The summed E-state index contributed by atoms with van der Waals surface area (Å²) in [5.41, 5.74) is 0.682. The number of amides is 1. The van der Waals surface area contributed by atoms with E-state index < -0.39 is 12.5 Å². The number of alkyl halides is 2. The molecule has 26 heavy (non-hydrogen) atoms. The average Bonchev–Trinajstić information content (AvgIpc) is 2.61. The predicted molar refractivity (Wildman–Crippen MR) is 94.8 cm³/mol. The molecule has 0 aliphatic rings. The molecule has 5 nitrogen and oxygen atoms in total. The van der Waals surface area contributed by atoms with E-state index in [1.54, 1.807) is 0 Å². The first-order chi connectivity index (χ1) is 12.4. The summed E-state index contributed by atoms with van der Waals surface area (Å²) in [6, 6.07) is 8.55. The van der Waals surface area contributed by atoms with E-state index in [2.05, 4.69) is 10.1 Å². The third-order valence-corrected chi connectivity index (χ3v) is 3.56. The number of hydrogen-bond donors (Lipinski definition) is 1. The molecule has 1 N–H and O–H groups in total. The van der Waals surface area contributed by atoms with Crippen molar-refractivity contribution in [2.75, 3.05) is 19.0 Å². The third-order valence-electron chi connectivity index (χ3n) is 3.28. The van der Waals surface area contributed by atoms with Crippen molar-refractivity contribution in [1.29, 1.82) is 0 Å². The van der Waals surface area contributed by atoms with Crippen molar-refractivity contribution in [2.24, 2.45) is 0 Å². The highest BCUT2D eigenvalue weighted by Crippen LogP contribution is 2.36. The molecule has 0 heterocycles. The molecule has 0 radical (unpaired) electrons. The number of carbonyl (C=O) groups is 1. The normalized spacial score (nSPS) is 10.5. The zero-order valence-corrected chi connectivity index (χ0v) is 15.0. The molecule has 0 atom stereocenters. The van der Waals surface area contributed by atoms with Crippen LogP contribution in [0.5, 0.6) is 17.2 Å². The van der Waals surface area contributed by atoms with Crippen molar-refractivity contribution < 1.29 is 27.8 Å². The Morgan fingerprint density at radius 3 is 2.50 bits per heavy atom. The summed E-state index contributed by atoms with van der Waals surface area (Å²) in [4.78, 5) is 12.4. The summed E-state index contributed by atoms with van der Waals surface area (Å²) < 4.78 is 39.3. The lowest BCUT2D eigenvalue weighted by atomic mass is 10.1. The van der Waals surface area contributed by atoms with Crippen LogP contribution >= 0.6 is 11.6 Å². The second kappa shape index (κ2) is 9.24. The maximum Gasteiger partial charge on any atom is 0.387 e. The van der Waals surface area contributed by atoms with E-state index in [0.717, 1.165) is 6.42 Å². The number of anilines is 1. The van der Waals surface area contributed by atoms with Crippen LogP contribution in [0, 0.1) is 0 Å². The van der Waals surface area contributed by atoms with Crippen LogP contribution in [0.15, 0.2) is 36.4 Å². The number of hydrogen-bond acceptors (Lipinski definition) is 4. The van der Waals surface area contributed by atoms with Gasteiger partial charge in [0.2, 0.25) is 0 Å². The van der Waals surface area contributed by atoms with E-state index in [4.69, 9.17) is 21.1 Å². The number of ether oxygens (including phenoxy) is 3. The first-order valence-electron chi connectivity index (χ1n) is 7.81. The van der Waals surface area contributed by atoms with Crippen molar-refractivity contribution >= 4 is 23.2 Å². The molecule has 0 bridgehead atoms. The Balaban J connectivity index is 2.15. The fourth-order valence-corrected chi connectivity index (χ4v) is 2.38. The summed E-state index contributed by atoms with van der Waals surface area (Å²) >= 11 is 6.19. The fourth-order valence-electron chi connectivity index (χ4n) is 2.12. The van der Waals surface area contributed by atoms with E-state index in [1.807, 2.05) is 6.92 Å². The van der Waals surface area contributed by atoms with Crippen molar-refractivity contribution in [3.8, 4) is 17.2 Å². The van der Waals surface area contributed by atoms with Gasteiger partial charge in [-0.25, -0.2) is 0 Å². The number of halogens is 3. The van der Waals surface area contributed by atoms with Gasteiger partial charge in [0.25, 0.3) is 5.91 Å². The molecule has 8 heteroatoms. The zero-order chi connectivity index (χ0) is 19.1. The van der Waals surface area contributed by atoms with Gasteiger partial charge in [0, 0.05) is 11.3 Å². The number of methoxy groups -OCH3 is 1. The van der Waals surface area contributed by atoms with Crippen molar-refractivity contribution in [2.45, 2.75) is 20.0 Å². The van der Waals surface area contributed by atoms with Crippen molar-refractivity contribution in [3.05, 3.63) is 47.0 Å². The number of benzene rings is 2. The molecule has 0 saturated carbocycles. The lowest BCUT2D eigenvalue weighted by molar-refractivity contribution is -0.0498. The van der Waals surface area contributed by atoms with Gasteiger partial charge in [-0.2, -0.15) is 8.78 Å². The van der Waals surface area contributed by atoms with Gasteiger partial charge in [-0.1, -0.05) is 18.5 Å². The Bertz CT molecular complexity index is 754. The molecule has 0 aromatic heterocycles. The van der Waals surface area contributed by atoms with Crippen LogP contribution in [0.2, 0.25) is 5.02 Å². The van der Waals surface area contributed by atoms with E-state index >= 15 is 0 Å². The molecule has 0 aliphatic carbocycles. The van der Waals surface area contributed by atoms with Crippen LogP contribution in [0.3, 0.4) is 0 Å². The summed E-state index contributed by atoms with van der Waals surface area (Å²) in [6.45, 7) is -0.479. The molecule has 0 fully saturated rings. The minimum absolute atomic E-state index is 0.000128. The Kier molecular flexibility index (Phi) is 7.03. The van der Waals surface area contributed by atoms with Gasteiger partial charge in [-0.15, -0.1) is 0 Å². The van der Waals surface area contributed by atoms with Crippen LogP contribution in [-0.4, -0.2) is 26.2 Å². The molecule has 0 saturated heterocycles. The third kappa shape index (κ3) is 5.23. The summed E-state index contributed by atoms with van der Waals surface area (Å²) in [7, 11) is 1.45. The second-order valence-corrected chi connectivity index (χ2v) is 5.60. The van der Waals surface area contributed by atoms with Gasteiger partial charge in [-0.05, 0) is 42.8 Å². The molecule has 2 rings (SSSR count). The van der Waals surface area contributed by atoms with E-state index in [0.29, 0.717) is 23.8 Å². The van der Waals surface area contributed by atoms with Crippen LogP contribution in [-0.2, 0) is 0 Å². The first-order valence-corrected chi connectivity index (χ1v) is 8.19. The molecular weight excluding hydrogens is 368 g/mol. The largest absolute Gasteiger partial charge is 0.493 e. The first kappa shape index (κ1) is 19.8. The highest BCUT2D eigenvalue weighted by atomic mass is 35.5. The van der Waals surface area contributed by atoms with Crippen LogP contribution in [0.25, 0.3) is 0 Å². The summed E-state index contributed by atoms with van der Waals surface area (Å²) in [6.07, 6.45) is 0.799. The smallest absolute Gasteiger partial charge is 0.387 e. The van der Waals surface area contributed by atoms with Gasteiger partial charge in [0.1, 0.15) is 5.75 Å². The second-order valence-electron chi connectivity index (χ2n) is 5.19. The molecular formula is C18H18ClF2NO4.